The topological polar surface area (TPSA) is 0 Å². The summed E-state index contributed by atoms with van der Waals surface area (Å²) in [6, 6.07) is 0. The van der Waals surface area contributed by atoms with Crippen LogP contribution < -0.4 is 0 Å². The standard InChI is InChI=1S/C13H22/c1-5-12(6-2)13(4)9-7-11(3)8-10-13/h7-9,12H,5-6,10H2,1-4H3. The van der Waals surface area contributed by atoms with E-state index in [1.54, 1.807) is 0 Å². The maximum Gasteiger partial charge on any atom is -0.00806 e. The van der Waals surface area contributed by atoms with Crippen LogP contribution in [0.4, 0.5) is 0 Å². The van der Waals surface area contributed by atoms with Crippen LogP contribution in [0, 0.1) is 11.3 Å². The zero-order valence-electron chi connectivity index (χ0n) is 9.43. The highest BCUT2D eigenvalue weighted by Gasteiger charge is 2.29. The summed E-state index contributed by atoms with van der Waals surface area (Å²) in [7, 11) is 0. The molecule has 1 aliphatic rings. The van der Waals surface area contributed by atoms with Gasteiger partial charge in [0.15, 0.2) is 0 Å². The summed E-state index contributed by atoms with van der Waals surface area (Å²) in [4.78, 5) is 0. The van der Waals surface area contributed by atoms with Crippen molar-refractivity contribution in [2.45, 2.75) is 47.0 Å². The Hall–Kier alpha value is -0.520. The van der Waals surface area contributed by atoms with E-state index in [1.165, 1.54) is 24.8 Å². The summed E-state index contributed by atoms with van der Waals surface area (Å²) in [5.41, 5.74) is 1.84. The number of hydrogen-bond donors (Lipinski definition) is 0. The molecule has 1 atom stereocenters. The molecule has 0 fully saturated rings. The molecule has 0 N–H and O–H groups in total. The Kier molecular flexibility index (Phi) is 3.35. The third-order valence-electron chi connectivity index (χ3n) is 3.51. The normalized spacial score (nSPS) is 27.9. The molecule has 0 heterocycles. The predicted octanol–water partition coefficient (Wildman–Crippen LogP) is 4.34. The second-order valence-corrected chi connectivity index (χ2v) is 4.50. The Balaban J connectivity index is 2.73. The van der Waals surface area contributed by atoms with Gasteiger partial charge in [-0.15, -0.1) is 0 Å². The van der Waals surface area contributed by atoms with Crippen molar-refractivity contribution < 1.29 is 0 Å². The van der Waals surface area contributed by atoms with E-state index in [2.05, 4.69) is 45.9 Å². The highest BCUT2D eigenvalue weighted by molar-refractivity contribution is 5.24. The monoisotopic (exact) mass is 178 g/mol. The van der Waals surface area contributed by atoms with Crippen LogP contribution in [0.15, 0.2) is 23.8 Å². The molecule has 0 nitrogen and oxygen atoms in total. The van der Waals surface area contributed by atoms with E-state index in [0.29, 0.717) is 5.41 Å². The van der Waals surface area contributed by atoms with Gasteiger partial charge in [-0.1, -0.05) is 57.4 Å². The summed E-state index contributed by atoms with van der Waals surface area (Å²) in [6.45, 7) is 9.18. The van der Waals surface area contributed by atoms with Crippen molar-refractivity contribution in [1.82, 2.24) is 0 Å². The molecule has 0 saturated carbocycles. The third kappa shape index (κ3) is 2.24. The van der Waals surface area contributed by atoms with Crippen molar-refractivity contribution in [2.24, 2.45) is 11.3 Å². The first-order valence-corrected chi connectivity index (χ1v) is 5.48. The Morgan fingerprint density at radius 2 is 2.00 bits per heavy atom. The number of hydrogen-bond acceptors (Lipinski definition) is 0. The molecule has 0 bridgehead atoms. The Bertz CT molecular complexity index is 218. The first-order chi connectivity index (χ1) is 6.12. The van der Waals surface area contributed by atoms with Crippen LogP contribution >= 0.6 is 0 Å². The zero-order valence-corrected chi connectivity index (χ0v) is 9.43. The van der Waals surface area contributed by atoms with Crippen molar-refractivity contribution >= 4 is 0 Å². The van der Waals surface area contributed by atoms with Gasteiger partial charge in [0.1, 0.15) is 0 Å². The van der Waals surface area contributed by atoms with Gasteiger partial charge in [0, 0.05) is 0 Å². The molecule has 0 radical (unpaired) electrons. The fraction of sp³-hybridized carbons (Fsp3) is 0.692. The van der Waals surface area contributed by atoms with Crippen LogP contribution in [0.2, 0.25) is 0 Å². The lowest BCUT2D eigenvalue weighted by atomic mass is 9.70. The Morgan fingerprint density at radius 1 is 1.38 bits per heavy atom. The summed E-state index contributed by atoms with van der Waals surface area (Å²) in [5, 5.41) is 0. The molecule has 0 aliphatic heterocycles. The third-order valence-corrected chi connectivity index (χ3v) is 3.51. The second kappa shape index (κ2) is 4.13. The van der Waals surface area contributed by atoms with Crippen LogP contribution in [-0.2, 0) is 0 Å². The smallest absolute Gasteiger partial charge is 0.00806 e. The molecule has 1 aliphatic carbocycles. The van der Waals surface area contributed by atoms with Gasteiger partial charge in [0.2, 0.25) is 0 Å². The van der Waals surface area contributed by atoms with Crippen molar-refractivity contribution in [3.8, 4) is 0 Å². The molecule has 13 heavy (non-hydrogen) atoms. The summed E-state index contributed by atoms with van der Waals surface area (Å²) < 4.78 is 0. The van der Waals surface area contributed by atoms with Gasteiger partial charge in [-0.2, -0.15) is 0 Å². The van der Waals surface area contributed by atoms with Crippen LogP contribution in [0.25, 0.3) is 0 Å². The van der Waals surface area contributed by atoms with E-state index in [0.717, 1.165) is 5.92 Å². The molecule has 74 valence electrons. The average molecular weight is 178 g/mol. The summed E-state index contributed by atoms with van der Waals surface area (Å²) in [6.07, 6.45) is 10.9. The van der Waals surface area contributed by atoms with Gasteiger partial charge in [-0.25, -0.2) is 0 Å². The highest BCUT2D eigenvalue weighted by atomic mass is 14.3. The minimum absolute atomic E-state index is 0.420. The van der Waals surface area contributed by atoms with Gasteiger partial charge in [-0.3, -0.25) is 0 Å². The van der Waals surface area contributed by atoms with Crippen LogP contribution in [0.1, 0.15) is 47.0 Å². The molecule has 1 unspecified atom stereocenters. The van der Waals surface area contributed by atoms with Crippen LogP contribution in [0.3, 0.4) is 0 Å². The average Bonchev–Trinajstić information content (AvgIpc) is 2.13. The Morgan fingerprint density at radius 3 is 2.38 bits per heavy atom. The van der Waals surface area contributed by atoms with Gasteiger partial charge in [0.05, 0.1) is 0 Å². The lowest BCUT2D eigenvalue weighted by Crippen LogP contribution is -2.25. The van der Waals surface area contributed by atoms with Crippen molar-refractivity contribution in [1.29, 1.82) is 0 Å². The molecular formula is C13H22. The molecule has 0 heteroatoms. The van der Waals surface area contributed by atoms with Crippen LogP contribution in [0.5, 0.6) is 0 Å². The zero-order chi connectivity index (χ0) is 9.90. The molecule has 0 amide bonds. The van der Waals surface area contributed by atoms with Crippen molar-refractivity contribution in [2.75, 3.05) is 0 Å². The molecule has 0 saturated heterocycles. The molecule has 0 aromatic heterocycles. The predicted molar refractivity (Wildman–Crippen MR) is 59.7 cm³/mol. The van der Waals surface area contributed by atoms with E-state index in [9.17, 15) is 0 Å². The minimum Gasteiger partial charge on any atom is -0.0807 e. The Labute approximate surface area is 82.7 Å². The molecular weight excluding hydrogens is 156 g/mol. The van der Waals surface area contributed by atoms with E-state index in [-0.39, 0.29) is 0 Å². The molecule has 0 aromatic carbocycles. The largest absolute Gasteiger partial charge is 0.0807 e. The van der Waals surface area contributed by atoms with E-state index in [1.807, 2.05) is 0 Å². The van der Waals surface area contributed by atoms with Crippen molar-refractivity contribution in [3.63, 3.8) is 0 Å². The minimum atomic E-state index is 0.420. The van der Waals surface area contributed by atoms with Gasteiger partial charge < -0.3 is 0 Å². The fourth-order valence-corrected chi connectivity index (χ4v) is 2.36. The van der Waals surface area contributed by atoms with E-state index < -0.39 is 0 Å². The first-order valence-electron chi connectivity index (χ1n) is 5.48. The van der Waals surface area contributed by atoms with Gasteiger partial charge in [-0.05, 0) is 24.7 Å². The highest BCUT2D eigenvalue weighted by Crippen LogP contribution is 2.40. The maximum absolute atomic E-state index is 2.42. The van der Waals surface area contributed by atoms with Crippen molar-refractivity contribution in [3.05, 3.63) is 23.8 Å². The molecule has 0 spiro atoms. The summed E-state index contributed by atoms with van der Waals surface area (Å²) >= 11 is 0. The molecule has 1 rings (SSSR count). The van der Waals surface area contributed by atoms with Gasteiger partial charge in [0.25, 0.3) is 0 Å². The second-order valence-electron chi connectivity index (χ2n) is 4.50. The lowest BCUT2D eigenvalue weighted by molar-refractivity contribution is 0.239. The number of rotatable bonds is 3. The lowest BCUT2D eigenvalue weighted by Gasteiger charge is -2.35. The van der Waals surface area contributed by atoms with E-state index in [4.69, 9.17) is 0 Å². The quantitative estimate of drug-likeness (QED) is 0.603. The summed E-state index contributed by atoms with van der Waals surface area (Å²) in [5.74, 6) is 0.841. The number of allylic oxidation sites excluding steroid dienone is 4. The maximum atomic E-state index is 2.42. The van der Waals surface area contributed by atoms with Gasteiger partial charge >= 0.3 is 0 Å². The fourth-order valence-electron chi connectivity index (χ4n) is 2.36. The van der Waals surface area contributed by atoms with E-state index >= 15 is 0 Å². The molecule has 0 aromatic rings. The van der Waals surface area contributed by atoms with Crippen LogP contribution in [-0.4, -0.2) is 0 Å². The SMILES string of the molecule is CCC(CC)C1(C)C=CC(C)=CC1. The first kappa shape index (κ1) is 10.6.